The maximum Gasteiger partial charge on any atom is 0.246 e. The molecule has 1 aromatic heterocycles. The molecule has 382 valence electrons. The van der Waals surface area contributed by atoms with Crippen LogP contribution in [-0.2, 0) is 48.0 Å². The molecule has 0 aliphatic carbocycles. The quantitative estimate of drug-likeness (QED) is 0.0619. The topological polar surface area (TPSA) is 239 Å². The highest BCUT2D eigenvalue weighted by molar-refractivity contribution is 7.13. The second-order valence-electron chi connectivity index (χ2n) is 20.1. The Kier molecular flexibility index (Phi) is 18.4. The average molecular weight is 1010 g/mol. The van der Waals surface area contributed by atoms with Gasteiger partial charge in [-0.15, -0.1) is 23.7 Å². The third-order valence-corrected chi connectivity index (χ3v) is 14.6. The van der Waals surface area contributed by atoms with Crippen LogP contribution < -0.4 is 37.1 Å². The van der Waals surface area contributed by atoms with Crippen molar-refractivity contribution in [2.75, 3.05) is 18.1 Å². The van der Waals surface area contributed by atoms with Gasteiger partial charge >= 0.3 is 0 Å². The number of aliphatic hydroxyl groups is 1. The van der Waals surface area contributed by atoms with Gasteiger partial charge in [-0.2, -0.15) is 0 Å². The zero-order valence-electron chi connectivity index (χ0n) is 41.3. The molecule has 18 heteroatoms. The van der Waals surface area contributed by atoms with E-state index >= 15 is 0 Å². The van der Waals surface area contributed by atoms with Crippen molar-refractivity contribution in [2.45, 2.75) is 148 Å². The molecule has 0 saturated carbocycles. The summed E-state index contributed by atoms with van der Waals surface area (Å²) in [7, 11) is 0. The van der Waals surface area contributed by atoms with Crippen molar-refractivity contribution in [1.82, 2.24) is 25.8 Å². The van der Waals surface area contributed by atoms with Gasteiger partial charge in [-0.05, 0) is 97.7 Å². The Morgan fingerprint density at radius 2 is 1.65 bits per heavy atom. The number of ether oxygens (including phenoxy) is 1. The van der Waals surface area contributed by atoms with Gasteiger partial charge in [0.25, 0.3) is 0 Å². The molecule has 3 aliphatic rings. The minimum absolute atomic E-state index is 0. The monoisotopic (exact) mass is 1010 g/mol. The lowest BCUT2D eigenvalue weighted by atomic mass is 9.85. The van der Waals surface area contributed by atoms with Crippen LogP contribution in [0.2, 0.25) is 0 Å². The Balaban J connectivity index is 0.00000825. The van der Waals surface area contributed by atoms with E-state index in [1.807, 2.05) is 107 Å². The summed E-state index contributed by atoms with van der Waals surface area (Å²) in [5.74, 6) is -1.58. The number of β-amino-alcohol motifs (C(OH)–C–C–N with tert-alkyl or cyclic N) is 1. The van der Waals surface area contributed by atoms with Crippen molar-refractivity contribution in [3.63, 3.8) is 0 Å². The Morgan fingerprint density at radius 1 is 0.930 bits per heavy atom. The molecule has 7 rings (SSSR count). The predicted octanol–water partition coefficient (Wildman–Crippen LogP) is 5.37. The summed E-state index contributed by atoms with van der Waals surface area (Å²) in [6.45, 7) is 9.51. The third kappa shape index (κ3) is 13.6. The molecule has 0 bridgehead atoms. The number of thiazole rings is 1. The van der Waals surface area contributed by atoms with E-state index in [0.29, 0.717) is 31.4 Å². The lowest BCUT2D eigenvalue weighted by Crippen LogP contribution is -2.57. The molecule has 8 N–H and O–H groups in total. The average Bonchev–Trinajstić information content (AvgIpc) is 4.04. The number of benzene rings is 3. The molecule has 4 aromatic rings. The number of halogens is 1. The summed E-state index contributed by atoms with van der Waals surface area (Å²) in [4.78, 5) is 88.7. The Morgan fingerprint density at radius 3 is 2.35 bits per heavy atom. The number of nitrogens with zero attached hydrogens (tertiary/aromatic N) is 3. The zero-order valence-corrected chi connectivity index (χ0v) is 42.9. The molecule has 6 amide bonds. The molecule has 0 unspecified atom stereocenters. The molecule has 16 nitrogen and oxygen atoms in total. The number of nitrogens with two attached hydrogens (primary N) is 2. The number of aliphatic hydroxyl groups excluding tert-OH is 1. The Hall–Kier alpha value is -5.88. The van der Waals surface area contributed by atoms with Crippen molar-refractivity contribution in [2.24, 2.45) is 16.9 Å². The number of hydrogen-bond donors (Lipinski definition) is 6. The van der Waals surface area contributed by atoms with Gasteiger partial charge in [0.2, 0.25) is 35.4 Å². The fourth-order valence-corrected chi connectivity index (χ4v) is 10.5. The number of aryl methyl sites for hydroxylation is 3. The Bertz CT molecular complexity index is 2550. The van der Waals surface area contributed by atoms with Crippen LogP contribution >= 0.6 is 23.7 Å². The second kappa shape index (κ2) is 24.0. The molecule has 1 fully saturated rings. The van der Waals surface area contributed by atoms with Crippen LogP contribution in [0.1, 0.15) is 113 Å². The maximum absolute atomic E-state index is 14.2. The number of rotatable bonds is 20. The SMILES string of the molecule is Cc1ncsc1-c1ccc([C@H](C)NC(=O)[C@@H]2C[C@@H](O)CN2C(=O)[C@@H](NC(=O)CCCCCc2cccc(OC[C@H](CCC(N)=O)NC(=O)[C@@H]3Cc4cccc5c4N3C(=O)[C@@H](N)CC5)c2)C(C)(C)C)cc1.Cl. The van der Waals surface area contributed by atoms with Gasteiger partial charge in [-0.1, -0.05) is 81.8 Å². The number of carbonyl (C=O) groups is 6. The first kappa shape index (κ1) is 54.5. The van der Waals surface area contributed by atoms with Crippen molar-refractivity contribution in [1.29, 1.82) is 0 Å². The van der Waals surface area contributed by atoms with Crippen LogP contribution in [0, 0.1) is 12.3 Å². The number of aromatic nitrogens is 1. The third-order valence-electron chi connectivity index (χ3n) is 13.6. The van der Waals surface area contributed by atoms with Crippen molar-refractivity contribution in [3.05, 3.63) is 100 Å². The minimum atomic E-state index is -0.919. The number of primary amides is 1. The highest BCUT2D eigenvalue weighted by Gasteiger charge is 2.45. The summed E-state index contributed by atoms with van der Waals surface area (Å²) in [5, 5.41) is 19.7. The van der Waals surface area contributed by atoms with E-state index in [2.05, 4.69) is 20.9 Å². The first-order chi connectivity index (χ1) is 33.4. The van der Waals surface area contributed by atoms with E-state index in [1.165, 1.54) is 4.90 Å². The molecule has 0 radical (unpaired) electrons. The molecule has 3 aliphatic heterocycles. The van der Waals surface area contributed by atoms with Crippen LogP contribution in [0.15, 0.2) is 72.2 Å². The maximum atomic E-state index is 14.2. The second-order valence-corrected chi connectivity index (χ2v) is 21.0. The summed E-state index contributed by atoms with van der Waals surface area (Å²) >= 11 is 1.57. The lowest BCUT2D eigenvalue weighted by Gasteiger charge is -2.35. The highest BCUT2D eigenvalue weighted by atomic mass is 35.5. The van der Waals surface area contributed by atoms with Crippen LogP contribution in [0.3, 0.4) is 0 Å². The molecular formula is C53H69ClN8O8S. The molecular weight excluding hydrogens is 944 g/mol. The number of anilines is 1. The number of likely N-dealkylation sites (tertiary alicyclic amines) is 1. The van der Waals surface area contributed by atoms with Gasteiger partial charge in [0.05, 0.1) is 46.0 Å². The fraction of sp³-hybridized carbons (Fsp3) is 0.491. The van der Waals surface area contributed by atoms with Crippen LogP contribution in [-0.4, -0.2) is 99.9 Å². The van der Waals surface area contributed by atoms with Crippen LogP contribution in [0.25, 0.3) is 10.4 Å². The molecule has 3 aromatic carbocycles. The summed E-state index contributed by atoms with van der Waals surface area (Å²) < 4.78 is 6.18. The number of hydrogen-bond acceptors (Lipinski definition) is 11. The summed E-state index contributed by atoms with van der Waals surface area (Å²) in [5.41, 5.74) is 19.5. The molecule has 4 heterocycles. The van der Waals surface area contributed by atoms with Crippen molar-refractivity contribution < 1.29 is 38.6 Å². The number of para-hydroxylation sites is 1. The first-order valence-corrected chi connectivity index (χ1v) is 25.3. The van der Waals surface area contributed by atoms with Gasteiger partial charge < -0.3 is 42.2 Å². The highest BCUT2D eigenvalue weighted by Crippen LogP contribution is 2.39. The van der Waals surface area contributed by atoms with Gasteiger partial charge in [-0.25, -0.2) is 4.98 Å². The summed E-state index contributed by atoms with van der Waals surface area (Å²) in [6.07, 6.45) is 4.07. The number of nitrogens with one attached hydrogen (secondary N) is 3. The zero-order chi connectivity index (χ0) is 50.3. The van der Waals surface area contributed by atoms with Crippen LogP contribution in [0.5, 0.6) is 5.75 Å². The van der Waals surface area contributed by atoms with E-state index in [0.717, 1.165) is 63.3 Å². The van der Waals surface area contributed by atoms with Crippen molar-refractivity contribution >= 4 is 64.9 Å². The predicted molar refractivity (Wildman–Crippen MR) is 276 cm³/mol. The normalized spacial score (nSPS) is 19.7. The minimum Gasteiger partial charge on any atom is -0.491 e. The Labute approximate surface area is 426 Å². The van der Waals surface area contributed by atoms with Crippen LogP contribution in [0.4, 0.5) is 5.69 Å². The number of carbonyl (C=O) groups excluding carboxylic acids is 6. The van der Waals surface area contributed by atoms with Gasteiger partial charge in [0.15, 0.2) is 0 Å². The molecule has 1 saturated heterocycles. The van der Waals surface area contributed by atoms with Gasteiger partial charge in [-0.3, -0.25) is 33.7 Å². The molecule has 0 spiro atoms. The van der Waals surface area contributed by atoms with Gasteiger partial charge in [0, 0.05) is 32.2 Å². The lowest BCUT2D eigenvalue weighted by molar-refractivity contribution is -0.144. The van der Waals surface area contributed by atoms with Gasteiger partial charge in [0.1, 0.15) is 30.5 Å². The first-order valence-electron chi connectivity index (χ1n) is 24.5. The van der Waals surface area contributed by atoms with E-state index in [9.17, 15) is 33.9 Å². The number of unbranched alkanes of at least 4 members (excludes halogenated alkanes) is 2. The van der Waals surface area contributed by atoms with E-state index in [-0.39, 0.29) is 80.9 Å². The van der Waals surface area contributed by atoms with E-state index in [1.54, 1.807) is 16.2 Å². The largest absolute Gasteiger partial charge is 0.491 e. The fourth-order valence-electron chi connectivity index (χ4n) is 9.70. The standard InChI is InChI=1S/C53H68N8O8S.ClH/c1-31(34-17-19-36(20-18-34)47-32(2)56-30-70-47)57-49(65)42-27-39(62)28-60(42)52(68)48(53(3,4)5)59-45(64)16-8-6-7-11-33-12-9-15-40(25-33)69-29-38(22-24-44(55)63)58-50(66)43-26-37-14-10-13-35-21-23-41(54)51(67)61(43)46(35)37;/h9-10,12-15,17-20,25,30-31,38-39,41-43,48,62H,6-8,11,16,21-24,26-29,54H2,1-5H3,(H2,55,63)(H,57,65)(H,58,66)(H,59,64);1H/t31-,38-,39+,41-,42-,43-,48+;/m0./s1. The molecule has 7 atom stereocenters. The van der Waals surface area contributed by atoms with Crippen molar-refractivity contribution in [3.8, 4) is 16.2 Å². The van der Waals surface area contributed by atoms with E-state index in [4.69, 9.17) is 16.2 Å². The number of amides is 6. The smallest absolute Gasteiger partial charge is 0.246 e. The van der Waals surface area contributed by atoms with E-state index < -0.39 is 53.5 Å². The molecule has 71 heavy (non-hydrogen) atoms. The summed E-state index contributed by atoms with van der Waals surface area (Å²) in [6, 6.07) is 17.2.